The topological polar surface area (TPSA) is 57.6 Å². The third-order valence-electron chi connectivity index (χ3n) is 10.5. The van der Waals surface area contributed by atoms with Crippen molar-refractivity contribution in [2.75, 3.05) is 0 Å². The van der Waals surface area contributed by atoms with Crippen molar-refractivity contribution in [1.82, 2.24) is 23.7 Å². The van der Waals surface area contributed by atoms with E-state index in [9.17, 15) is 0 Å². The molecule has 0 radical (unpaired) electrons. The molecular weight excluding hydrogens is 651 g/mol. The Morgan fingerprint density at radius 3 is 1.47 bits per heavy atom. The number of benzene rings is 6. The second kappa shape index (κ2) is 11.4. The molecule has 0 bridgehead atoms. The number of rotatable bonds is 4. The molecule has 0 saturated carbocycles. The molecule has 6 aromatic carbocycles. The summed E-state index contributed by atoms with van der Waals surface area (Å²) in [6.45, 7) is 0. The molecule has 0 aliphatic heterocycles. The summed E-state index contributed by atoms with van der Waals surface area (Å²) >= 11 is 0. The summed E-state index contributed by atoms with van der Waals surface area (Å²) in [4.78, 5) is 24.5. The first kappa shape index (κ1) is 29.4. The van der Waals surface area contributed by atoms with Crippen LogP contribution in [-0.2, 0) is 0 Å². The second-order valence-electron chi connectivity index (χ2n) is 13.4. The fourth-order valence-corrected chi connectivity index (χ4v) is 8.20. The SMILES string of the molecule is O=c1c2cc3c(cc2c2cc4c5ccccc5n(-c5ccccc5)c4cc2n1-c1ccc(-c2ccccn2)nc1)c1ccccc1n3-c1ccccc1. The number of aromatic nitrogens is 5. The molecule has 6 nitrogen and oxygen atoms in total. The summed E-state index contributed by atoms with van der Waals surface area (Å²) in [5, 5.41) is 7.08. The molecule has 0 atom stereocenters. The number of hydrogen-bond acceptors (Lipinski definition) is 3. The van der Waals surface area contributed by atoms with E-state index in [0.29, 0.717) is 11.1 Å². The summed E-state index contributed by atoms with van der Waals surface area (Å²) in [5.41, 5.74) is 9.24. The van der Waals surface area contributed by atoms with Gasteiger partial charge in [0.05, 0.1) is 56.2 Å². The molecule has 0 unspecified atom stereocenters. The Morgan fingerprint density at radius 2 is 0.868 bits per heavy atom. The fourth-order valence-electron chi connectivity index (χ4n) is 8.20. The van der Waals surface area contributed by atoms with Crippen molar-refractivity contribution in [3.8, 4) is 28.5 Å². The van der Waals surface area contributed by atoms with E-state index in [0.717, 1.165) is 82.7 Å². The molecular formula is C47H29N5O. The minimum Gasteiger partial charge on any atom is -0.309 e. The van der Waals surface area contributed by atoms with Crippen LogP contribution in [0.4, 0.5) is 0 Å². The van der Waals surface area contributed by atoms with Gasteiger partial charge in [0, 0.05) is 44.5 Å². The van der Waals surface area contributed by atoms with Gasteiger partial charge in [-0.3, -0.25) is 19.3 Å². The maximum absolute atomic E-state index is 15.2. The van der Waals surface area contributed by atoms with Crippen molar-refractivity contribution in [3.63, 3.8) is 0 Å². The van der Waals surface area contributed by atoms with Gasteiger partial charge in [-0.25, -0.2) is 0 Å². The highest BCUT2D eigenvalue weighted by Gasteiger charge is 2.21. The maximum atomic E-state index is 15.2. The standard InChI is InChI=1S/C47H29N5O/c53-47-39-27-44-36(33-17-7-9-20-42(33)50(44)30-13-3-1-4-14-30)25-35(39)38-26-37-34-18-8-10-21-43(34)51(31-15-5-2-6-16-31)45(37)28-46(38)52(47)32-22-23-41(49-29-32)40-19-11-12-24-48-40/h1-29H. The molecule has 0 aliphatic rings. The highest BCUT2D eigenvalue weighted by atomic mass is 16.1. The van der Waals surface area contributed by atoms with E-state index >= 15 is 4.79 Å². The van der Waals surface area contributed by atoms with Crippen LogP contribution in [0, 0.1) is 0 Å². The largest absolute Gasteiger partial charge is 0.309 e. The smallest absolute Gasteiger partial charge is 0.263 e. The minimum atomic E-state index is -0.103. The molecule has 11 rings (SSSR count). The highest BCUT2D eigenvalue weighted by Crippen LogP contribution is 2.40. The van der Waals surface area contributed by atoms with Crippen LogP contribution in [0.2, 0.25) is 0 Å². The van der Waals surface area contributed by atoms with Crippen LogP contribution >= 0.6 is 0 Å². The average molecular weight is 680 g/mol. The number of nitrogens with zero attached hydrogens (tertiary/aromatic N) is 5. The highest BCUT2D eigenvalue weighted by molar-refractivity contribution is 6.21. The molecule has 0 saturated heterocycles. The zero-order chi connectivity index (χ0) is 35.0. The first-order chi connectivity index (χ1) is 26.2. The Labute approximate surface area is 303 Å². The first-order valence-corrected chi connectivity index (χ1v) is 17.7. The third kappa shape index (κ3) is 4.36. The first-order valence-electron chi connectivity index (χ1n) is 17.7. The second-order valence-corrected chi connectivity index (χ2v) is 13.4. The van der Waals surface area contributed by atoms with Crippen molar-refractivity contribution in [2.45, 2.75) is 0 Å². The molecule has 0 amide bonds. The summed E-state index contributed by atoms with van der Waals surface area (Å²) < 4.78 is 6.39. The van der Waals surface area contributed by atoms with E-state index in [1.54, 1.807) is 12.4 Å². The Bertz CT molecular complexity index is 3270. The average Bonchev–Trinajstić information content (AvgIpc) is 3.73. The predicted octanol–water partition coefficient (Wildman–Crippen LogP) is 10.8. The van der Waals surface area contributed by atoms with Crippen LogP contribution in [-0.4, -0.2) is 23.7 Å². The van der Waals surface area contributed by atoms with E-state index in [-0.39, 0.29) is 5.56 Å². The van der Waals surface area contributed by atoms with Gasteiger partial charge >= 0.3 is 0 Å². The molecule has 248 valence electrons. The summed E-state index contributed by atoms with van der Waals surface area (Å²) in [6, 6.07) is 56.3. The molecule has 11 aromatic rings. The molecule has 5 heterocycles. The molecule has 5 aromatic heterocycles. The van der Waals surface area contributed by atoms with Gasteiger partial charge in [-0.1, -0.05) is 78.9 Å². The molecule has 0 aliphatic carbocycles. The van der Waals surface area contributed by atoms with Gasteiger partial charge < -0.3 is 9.13 Å². The lowest BCUT2D eigenvalue weighted by atomic mass is 10.0. The Kier molecular flexibility index (Phi) is 6.30. The van der Waals surface area contributed by atoms with Gasteiger partial charge in [0.1, 0.15) is 0 Å². The van der Waals surface area contributed by atoms with E-state index in [1.165, 1.54) is 0 Å². The fraction of sp³-hybridized carbons (Fsp3) is 0. The van der Waals surface area contributed by atoms with E-state index in [1.807, 2.05) is 47.0 Å². The van der Waals surface area contributed by atoms with Gasteiger partial charge in [-0.2, -0.15) is 0 Å². The molecule has 0 spiro atoms. The van der Waals surface area contributed by atoms with Gasteiger partial charge in [-0.05, 0) is 90.3 Å². The van der Waals surface area contributed by atoms with Crippen molar-refractivity contribution in [2.24, 2.45) is 0 Å². The minimum absolute atomic E-state index is 0.103. The predicted molar refractivity (Wildman–Crippen MR) is 217 cm³/mol. The lowest BCUT2D eigenvalue weighted by molar-refractivity contribution is 1.04. The quantitative estimate of drug-likeness (QED) is 0.174. The van der Waals surface area contributed by atoms with Crippen molar-refractivity contribution < 1.29 is 0 Å². The number of fused-ring (bicyclic) bond motifs is 9. The monoisotopic (exact) mass is 679 g/mol. The summed E-state index contributed by atoms with van der Waals surface area (Å²) in [7, 11) is 0. The van der Waals surface area contributed by atoms with E-state index in [2.05, 4.69) is 135 Å². The van der Waals surface area contributed by atoms with Crippen LogP contribution in [0.3, 0.4) is 0 Å². The van der Waals surface area contributed by atoms with Gasteiger partial charge in [0.2, 0.25) is 0 Å². The lowest BCUT2D eigenvalue weighted by Crippen LogP contribution is -2.19. The third-order valence-corrected chi connectivity index (χ3v) is 10.5. The van der Waals surface area contributed by atoms with Crippen LogP contribution in [0.25, 0.3) is 93.7 Å². The zero-order valence-corrected chi connectivity index (χ0v) is 28.4. The van der Waals surface area contributed by atoms with Crippen molar-refractivity contribution in [3.05, 3.63) is 187 Å². The molecule has 53 heavy (non-hydrogen) atoms. The molecule has 0 N–H and O–H groups in total. The van der Waals surface area contributed by atoms with Crippen molar-refractivity contribution in [1.29, 1.82) is 0 Å². The van der Waals surface area contributed by atoms with Crippen LogP contribution in [0.15, 0.2) is 181 Å². The zero-order valence-electron chi connectivity index (χ0n) is 28.4. The van der Waals surface area contributed by atoms with Gasteiger partial charge in [-0.15, -0.1) is 0 Å². The van der Waals surface area contributed by atoms with E-state index < -0.39 is 0 Å². The normalized spacial score (nSPS) is 11.8. The Balaban J connectivity index is 1.30. The van der Waals surface area contributed by atoms with Crippen LogP contribution in [0.5, 0.6) is 0 Å². The van der Waals surface area contributed by atoms with Gasteiger partial charge in [0.25, 0.3) is 5.56 Å². The summed E-state index contributed by atoms with van der Waals surface area (Å²) in [6.07, 6.45) is 3.55. The number of hydrogen-bond donors (Lipinski definition) is 0. The maximum Gasteiger partial charge on any atom is 0.263 e. The van der Waals surface area contributed by atoms with Crippen LogP contribution in [0.1, 0.15) is 0 Å². The van der Waals surface area contributed by atoms with E-state index in [4.69, 9.17) is 4.98 Å². The molecule has 0 fully saturated rings. The summed E-state index contributed by atoms with van der Waals surface area (Å²) in [5.74, 6) is 0. The number of pyridine rings is 3. The lowest BCUT2D eigenvalue weighted by Gasteiger charge is -2.16. The Hall–Kier alpha value is -7.31. The van der Waals surface area contributed by atoms with Gasteiger partial charge in [0.15, 0.2) is 0 Å². The van der Waals surface area contributed by atoms with Crippen molar-refractivity contribution >= 4 is 65.3 Å². The van der Waals surface area contributed by atoms with Crippen LogP contribution < -0.4 is 5.56 Å². The Morgan fingerprint density at radius 1 is 0.340 bits per heavy atom. The molecule has 6 heteroatoms. The number of para-hydroxylation sites is 4.